The average molecular weight is 498 g/mol. The summed E-state index contributed by atoms with van der Waals surface area (Å²) >= 11 is 0. The molecule has 0 aliphatic heterocycles. The zero-order valence-electron chi connectivity index (χ0n) is 24.0. The molecule has 2 aromatic rings. The van der Waals surface area contributed by atoms with E-state index in [4.69, 9.17) is 0 Å². The molecule has 2 aromatic carbocycles. The summed E-state index contributed by atoms with van der Waals surface area (Å²) in [5.41, 5.74) is 1.53. The second-order valence-corrected chi connectivity index (χ2v) is 10.9. The molecule has 0 amide bonds. The highest BCUT2D eigenvalue weighted by Gasteiger charge is 2.02. The highest BCUT2D eigenvalue weighted by atomic mass is 16.0. The zero-order valence-corrected chi connectivity index (χ0v) is 24.0. The van der Waals surface area contributed by atoms with E-state index < -0.39 is 0 Å². The average Bonchev–Trinajstić information content (AvgIpc) is 2.88. The Morgan fingerprint density at radius 3 is 1.44 bits per heavy atom. The summed E-state index contributed by atoms with van der Waals surface area (Å²) in [7, 11) is 0. The van der Waals surface area contributed by atoms with Crippen molar-refractivity contribution < 1.29 is 5.48 Å². The van der Waals surface area contributed by atoms with Gasteiger partial charge in [-0.3, -0.25) is 0 Å². The van der Waals surface area contributed by atoms with Gasteiger partial charge in [0.1, 0.15) is 0 Å². The van der Waals surface area contributed by atoms with Crippen LogP contribution in [0.3, 0.4) is 0 Å². The first-order valence-corrected chi connectivity index (χ1v) is 15.5. The van der Waals surface area contributed by atoms with Gasteiger partial charge >= 0.3 is 0 Å². The third kappa shape index (κ3) is 15.0. The van der Waals surface area contributed by atoms with Gasteiger partial charge in [-0.2, -0.15) is 0 Å². The van der Waals surface area contributed by atoms with Crippen molar-refractivity contribution >= 4 is 10.8 Å². The van der Waals surface area contributed by atoms with Gasteiger partial charge in [0.05, 0.1) is 0 Å². The van der Waals surface area contributed by atoms with Gasteiger partial charge in [0.2, 0.25) is 0 Å². The Labute approximate surface area is 224 Å². The van der Waals surface area contributed by atoms with Crippen molar-refractivity contribution in [2.75, 3.05) is 19.6 Å². The van der Waals surface area contributed by atoms with Crippen molar-refractivity contribution in [1.82, 2.24) is 4.90 Å². The minimum atomic E-state index is 0. The molecule has 0 spiro atoms. The lowest BCUT2D eigenvalue weighted by molar-refractivity contribution is 0.267. The summed E-state index contributed by atoms with van der Waals surface area (Å²) in [5, 5.41) is 2.84. The third-order valence-corrected chi connectivity index (χ3v) is 7.63. The number of rotatable bonds is 23. The molecular formula is C34H59NO. The van der Waals surface area contributed by atoms with Gasteiger partial charge in [-0.1, -0.05) is 146 Å². The van der Waals surface area contributed by atoms with E-state index in [0.717, 1.165) is 0 Å². The van der Waals surface area contributed by atoms with E-state index in [1.807, 2.05) is 0 Å². The number of fused-ring (bicyclic) bond motifs is 1. The SMILES string of the molecule is CCCN(CCC)CCCCCCCCCCCCCCCCCCc1cccc2ccccc12.O. The molecule has 2 heteroatoms. The molecule has 0 bridgehead atoms. The number of hydrogen-bond acceptors (Lipinski definition) is 1. The molecule has 0 heterocycles. The second kappa shape index (κ2) is 22.8. The van der Waals surface area contributed by atoms with Crippen LogP contribution in [-0.4, -0.2) is 30.0 Å². The standard InChI is InChI=1S/C34H57N.H2O/c1-3-29-35(30-4-2)31-22-18-16-14-12-10-8-6-5-7-9-11-13-15-17-19-24-32-26-23-27-33-25-20-21-28-34(32)33;/h20-21,23,25-28H,3-19,22,24,29-31H2,1-2H3;1H2. The third-order valence-electron chi connectivity index (χ3n) is 7.63. The quantitative estimate of drug-likeness (QED) is 0.141. The molecule has 0 aliphatic carbocycles. The Balaban J connectivity index is 0.00000648. The van der Waals surface area contributed by atoms with Crippen LogP contribution in [0.15, 0.2) is 42.5 Å². The Hall–Kier alpha value is -1.38. The molecule has 36 heavy (non-hydrogen) atoms. The lowest BCUT2D eigenvalue weighted by atomic mass is 9.99. The fraction of sp³-hybridized carbons (Fsp3) is 0.706. The Morgan fingerprint density at radius 1 is 0.472 bits per heavy atom. The first-order chi connectivity index (χ1) is 17.3. The van der Waals surface area contributed by atoms with Gasteiger partial charge in [0, 0.05) is 0 Å². The van der Waals surface area contributed by atoms with Gasteiger partial charge in [0.15, 0.2) is 0 Å². The van der Waals surface area contributed by atoms with Gasteiger partial charge in [-0.15, -0.1) is 0 Å². The molecule has 0 aromatic heterocycles. The molecule has 0 saturated heterocycles. The van der Waals surface area contributed by atoms with Crippen LogP contribution >= 0.6 is 0 Å². The topological polar surface area (TPSA) is 34.7 Å². The monoisotopic (exact) mass is 497 g/mol. The van der Waals surface area contributed by atoms with Crippen molar-refractivity contribution in [1.29, 1.82) is 0 Å². The van der Waals surface area contributed by atoms with E-state index in [-0.39, 0.29) is 5.48 Å². The van der Waals surface area contributed by atoms with Crippen LogP contribution in [0.5, 0.6) is 0 Å². The van der Waals surface area contributed by atoms with Crippen molar-refractivity contribution in [3.8, 4) is 0 Å². The minimum Gasteiger partial charge on any atom is -0.412 e. The molecule has 0 aliphatic rings. The molecule has 206 valence electrons. The molecule has 0 radical (unpaired) electrons. The molecule has 2 nitrogen and oxygen atoms in total. The zero-order chi connectivity index (χ0) is 24.8. The van der Waals surface area contributed by atoms with Crippen molar-refractivity contribution in [3.63, 3.8) is 0 Å². The molecule has 0 atom stereocenters. The number of hydrogen-bond donors (Lipinski definition) is 0. The second-order valence-electron chi connectivity index (χ2n) is 10.9. The number of unbranched alkanes of at least 4 members (excludes halogenated alkanes) is 15. The summed E-state index contributed by atoms with van der Waals surface area (Å²) in [6, 6.07) is 15.6. The summed E-state index contributed by atoms with van der Waals surface area (Å²) in [6.45, 7) is 8.52. The predicted molar refractivity (Wildman–Crippen MR) is 162 cm³/mol. The highest BCUT2D eigenvalue weighted by molar-refractivity contribution is 5.85. The summed E-state index contributed by atoms with van der Waals surface area (Å²) in [6.07, 6.45) is 26.9. The lowest BCUT2D eigenvalue weighted by Gasteiger charge is -2.20. The number of nitrogens with zero attached hydrogens (tertiary/aromatic N) is 1. The Bertz CT molecular complexity index is 732. The fourth-order valence-corrected chi connectivity index (χ4v) is 5.60. The molecule has 2 N–H and O–H groups in total. The maximum atomic E-state index is 2.66. The van der Waals surface area contributed by atoms with Crippen LogP contribution in [0.25, 0.3) is 10.8 Å². The molecule has 0 fully saturated rings. The van der Waals surface area contributed by atoms with E-state index in [2.05, 4.69) is 61.2 Å². The molecule has 0 saturated carbocycles. The summed E-state index contributed by atoms with van der Waals surface area (Å²) in [4.78, 5) is 2.66. The Kier molecular flexibility index (Phi) is 20.7. The van der Waals surface area contributed by atoms with Gasteiger partial charge in [-0.25, -0.2) is 0 Å². The van der Waals surface area contributed by atoms with Crippen LogP contribution in [0.2, 0.25) is 0 Å². The lowest BCUT2D eigenvalue weighted by Crippen LogP contribution is -2.26. The largest absolute Gasteiger partial charge is 0.412 e. The normalized spacial score (nSPS) is 11.3. The smallest absolute Gasteiger partial charge is 0.00187 e. The molecule has 2 rings (SSSR count). The van der Waals surface area contributed by atoms with Gasteiger partial charge in [-0.05, 0) is 68.1 Å². The number of benzene rings is 2. The van der Waals surface area contributed by atoms with E-state index in [1.165, 1.54) is 158 Å². The van der Waals surface area contributed by atoms with E-state index >= 15 is 0 Å². The van der Waals surface area contributed by atoms with E-state index in [0.29, 0.717) is 0 Å². The van der Waals surface area contributed by atoms with E-state index in [1.54, 1.807) is 0 Å². The maximum Gasteiger partial charge on any atom is -0.00187 e. The van der Waals surface area contributed by atoms with Crippen LogP contribution in [0, 0.1) is 0 Å². The molecular weight excluding hydrogens is 438 g/mol. The first kappa shape index (κ1) is 32.6. The first-order valence-electron chi connectivity index (χ1n) is 15.5. The summed E-state index contributed by atoms with van der Waals surface area (Å²) in [5.74, 6) is 0. The fourth-order valence-electron chi connectivity index (χ4n) is 5.60. The Morgan fingerprint density at radius 2 is 0.917 bits per heavy atom. The van der Waals surface area contributed by atoms with Crippen molar-refractivity contribution in [2.24, 2.45) is 0 Å². The molecule has 0 unspecified atom stereocenters. The van der Waals surface area contributed by atoms with Crippen LogP contribution < -0.4 is 0 Å². The van der Waals surface area contributed by atoms with Crippen LogP contribution in [0.1, 0.15) is 135 Å². The number of aryl methyl sites for hydroxylation is 1. The summed E-state index contributed by atoms with van der Waals surface area (Å²) < 4.78 is 0. The maximum absolute atomic E-state index is 2.66. The van der Waals surface area contributed by atoms with Crippen LogP contribution in [-0.2, 0) is 6.42 Å². The van der Waals surface area contributed by atoms with Gasteiger partial charge < -0.3 is 10.4 Å². The van der Waals surface area contributed by atoms with Crippen molar-refractivity contribution in [3.05, 3.63) is 48.0 Å². The van der Waals surface area contributed by atoms with E-state index in [9.17, 15) is 0 Å². The highest BCUT2D eigenvalue weighted by Crippen LogP contribution is 2.21. The van der Waals surface area contributed by atoms with Crippen LogP contribution in [0.4, 0.5) is 0 Å². The predicted octanol–water partition coefficient (Wildman–Crippen LogP) is 9.92. The van der Waals surface area contributed by atoms with Crippen molar-refractivity contribution in [2.45, 2.75) is 136 Å². The van der Waals surface area contributed by atoms with Gasteiger partial charge in [0.25, 0.3) is 0 Å². The minimum absolute atomic E-state index is 0.